The molecule has 1 aromatic carbocycles. The predicted octanol–water partition coefficient (Wildman–Crippen LogP) is 4.15. The van der Waals surface area contributed by atoms with Crippen molar-refractivity contribution in [3.05, 3.63) is 52.7 Å². The number of nitrogens with one attached hydrogen (secondary N) is 1. The van der Waals surface area contributed by atoms with Crippen LogP contribution in [0.15, 0.2) is 35.8 Å². The molecule has 2 aromatic heterocycles. The van der Waals surface area contributed by atoms with Crippen LogP contribution in [0.5, 0.6) is 0 Å². The van der Waals surface area contributed by atoms with Crippen LogP contribution in [-0.2, 0) is 30.4 Å². The molecule has 0 aliphatic heterocycles. The molecule has 1 amide bonds. The highest BCUT2D eigenvalue weighted by atomic mass is 32.1. The van der Waals surface area contributed by atoms with Gasteiger partial charge >= 0.3 is 6.18 Å². The predicted molar refractivity (Wildman–Crippen MR) is 95.4 cm³/mol. The highest BCUT2D eigenvalue weighted by molar-refractivity contribution is 7.14. The zero-order valence-corrected chi connectivity index (χ0v) is 14.9. The van der Waals surface area contributed by atoms with Crippen molar-refractivity contribution in [2.45, 2.75) is 32.0 Å². The number of benzene rings is 1. The molecule has 3 aromatic rings. The van der Waals surface area contributed by atoms with Crippen molar-refractivity contribution < 1.29 is 18.0 Å². The SMILES string of the molecule is O=C(Cn1ccc(C(F)(F)F)n1)Nc1nc(-c2ccc3c(c2)CCC3)cs1. The Morgan fingerprint density at radius 1 is 1.22 bits per heavy atom. The number of hydrogen-bond acceptors (Lipinski definition) is 4. The summed E-state index contributed by atoms with van der Waals surface area (Å²) in [6, 6.07) is 7.10. The van der Waals surface area contributed by atoms with Crippen molar-refractivity contribution in [1.29, 1.82) is 0 Å². The van der Waals surface area contributed by atoms with Gasteiger partial charge in [0.1, 0.15) is 6.54 Å². The first-order chi connectivity index (χ1) is 12.9. The van der Waals surface area contributed by atoms with Crippen molar-refractivity contribution in [2.24, 2.45) is 0 Å². The van der Waals surface area contributed by atoms with Gasteiger partial charge in [-0.05, 0) is 42.5 Å². The van der Waals surface area contributed by atoms with E-state index in [9.17, 15) is 18.0 Å². The first-order valence-corrected chi connectivity index (χ1v) is 9.25. The first-order valence-electron chi connectivity index (χ1n) is 8.37. The van der Waals surface area contributed by atoms with Crippen molar-refractivity contribution in [3.63, 3.8) is 0 Å². The lowest BCUT2D eigenvalue weighted by molar-refractivity contribution is -0.141. The lowest BCUT2D eigenvalue weighted by atomic mass is 10.1. The summed E-state index contributed by atoms with van der Waals surface area (Å²) in [6.45, 7) is -0.316. The molecule has 0 atom stereocenters. The summed E-state index contributed by atoms with van der Waals surface area (Å²) < 4.78 is 38.6. The fraction of sp³-hybridized carbons (Fsp3) is 0.278. The molecule has 2 heterocycles. The van der Waals surface area contributed by atoms with Crippen LogP contribution >= 0.6 is 11.3 Å². The molecule has 0 saturated heterocycles. The van der Waals surface area contributed by atoms with Gasteiger partial charge in [-0.15, -0.1) is 11.3 Å². The van der Waals surface area contributed by atoms with E-state index in [0.717, 1.165) is 41.0 Å². The fourth-order valence-electron chi connectivity index (χ4n) is 3.10. The van der Waals surface area contributed by atoms with Crippen LogP contribution in [0.4, 0.5) is 18.3 Å². The highest BCUT2D eigenvalue weighted by Gasteiger charge is 2.33. The van der Waals surface area contributed by atoms with Gasteiger partial charge in [-0.1, -0.05) is 12.1 Å². The third-order valence-electron chi connectivity index (χ3n) is 4.38. The van der Waals surface area contributed by atoms with E-state index in [0.29, 0.717) is 5.13 Å². The third kappa shape index (κ3) is 3.87. The van der Waals surface area contributed by atoms with Crippen LogP contribution < -0.4 is 5.32 Å². The summed E-state index contributed by atoms with van der Waals surface area (Å²) in [4.78, 5) is 16.5. The Labute approximate surface area is 156 Å². The Hall–Kier alpha value is -2.68. The number of thiazole rings is 1. The fourth-order valence-corrected chi connectivity index (χ4v) is 3.84. The number of nitrogens with zero attached hydrogens (tertiary/aromatic N) is 3. The topological polar surface area (TPSA) is 59.8 Å². The zero-order valence-electron chi connectivity index (χ0n) is 14.1. The molecule has 0 saturated carbocycles. The molecule has 5 nitrogen and oxygen atoms in total. The number of hydrogen-bond donors (Lipinski definition) is 1. The highest BCUT2D eigenvalue weighted by Crippen LogP contribution is 2.30. The second-order valence-electron chi connectivity index (χ2n) is 6.32. The second kappa shape index (κ2) is 6.80. The van der Waals surface area contributed by atoms with Gasteiger partial charge in [0.15, 0.2) is 10.8 Å². The van der Waals surface area contributed by atoms with E-state index in [2.05, 4.69) is 27.5 Å². The largest absolute Gasteiger partial charge is 0.435 e. The van der Waals surface area contributed by atoms with Crippen molar-refractivity contribution in [2.75, 3.05) is 5.32 Å². The van der Waals surface area contributed by atoms with E-state index in [1.807, 2.05) is 11.4 Å². The number of aromatic nitrogens is 3. The number of carbonyl (C=O) groups excluding carboxylic acids is 1. The molecule has 140 valence electrons. The van der Waals surface area contributed by atoms with Gasteiger partial charge in [0, 0.05) is 17.1 Å². The minimum absolute atomic E-state index is 0.316. The smallest absolute Gasteiger partial charge is 0.300 e. The standard InChI is InChI=1S/C18H15F3N4OS/c19-18(20,21)15-6-7-25(24-15)9-16(26)23-17-22-14(10-27-17)13-5-4-11-2-1-3-12(11)8-13/h4-8,10H,1-3,9H2,(H,22,23,26). The first kappa shape index (κ1) is 17.7. The van der Waals surface area contributed by atoms with Crippen LogP contribution in [-0.4, -0.2) is 20.7 Å². The summed E-state index contributed by atoms with van der Waals surface area (Å²) >= 11 is 1.27. The zero-order chi connectivity index (χ0) is 19.0. The lowest BCUT2D eigenvalue weighted by Gasteiger charge is -2.04. The summed E-state index contributed by atoms with van der Waals surface area (Å²) in [6.07, 6.45) is -0.0547. The number of fused-ring (bicyclic) bond motifs is 1. The number of carbonyl (C=O) groups is 1. The van der Waals surface area contributed by atoms with E-state index in [-0.39, 0.29) is 6.54 Å². The second-order valence-corrected chi connectivity index (χ2v) is 7.18. The molecule has 0 fully saturated rings. The van der Waals surface area contributed by atoms with Gasteiger partial charge in [0.2, 0.25) is 5.91 Å². The van der Waals surface area contributed by atoms with Crippen molar-refractivity contribution in [3.8, 4) is 11.3 Å². The van der Waals surface area contributed by atoms with Crippen LogP contribution in [0, 0.1) is 0 Å². The van der Waals surface area contributed by atoms with Gasteiger partial charge in [-0.3, -0.25) is 9.48 Å². The Morgan fingerprint density at radius 3 is 2.81 bits per heavy atom. The molecule has 27 heavy (non-hydrogen) atoms. The molecule has 0 radical (unpaired) electrons. The minimum Gasteiger partial charge on any atom is -0.300 e. The Balaban J connectivity index is 1.42. The molecule has 1 aliphatic rings. The number of halogens is 3. The number of alkyl halides is 3. The molecular weight excluding hydrogens is 377 g/mol. The van der Waals surface area contributed by atoms with Crippen LogP contribution in [0.2, 0.25) is 0 Å². The molecule has 9 heteroatoms. The molecule has 1 N–H and O–H groups in total. The molecule has 1 aliphatic carbocycles. The Bertz CT molecular complexity index is 993. The summed E-state index contributed by atoms with van der Waals surface area (Å²) in [5, 5.41) is 8.22. The lowest BCUT2D eigenvalue weighted by Crippen LogP contribution is -2.19. The maximum atomic E-state index is 12.5. The Morgan fingerprint density at radius 2 is 2.04 bits per heavy atom. The molecule has 4 rings (SSSR count). The average Bonchev–Trinajstić information content (AvgIpc) is 3.33. The van der Waals surface area contributed by atoms with E-state index >= 15 is 0 Å². The summed E-state index contributed by atoms with van der Waals surface area (Å²) in [5.41, 5.74) is 3.45. The van der Waals surface area contributed by atoms with Gasteiger partial charge in [-0.2, -0.15) is 18.3 Å². The molecule has 0 bridgehead atoms. The maximum Gasteiger partial charge on any atom is 0.435 e. The number of rotatable bonds is 4. The van der Waals surface area contributed by atoms with E-state index in [1.54, 1.807) is 0 Å². The summed E-state index contributed by atoms with van der Waals surface area (Å²) in [7, 11) is 0. The van der Waals surface area contributed by atoms with Gasteiger partial charge in [0.25, 0.3) is 0 Å². The van der Waals surface area contributed by atoms with E-state index in [1.165, 1.54) is 28.9 Å². The molecule has 0 spiro atoms. The van der Waals surface area contributed by atoms with Crippen LogP contribution in [0.1, 0.15) is 23.2 Å². The minimum atomic E-state index is -4.53. The molecule has 0 unspecified atom stereocenters. The van der Waals surface area contributed by atoms with Gasteiger partial charge in [0.05, 0.1) is 5.69 Å². The maximum absolute atomic E-state index is 12.5. The van der Waals surface area contributed by atoms with Gasteiger partial charge in [-0.25, -0.2) is 4.98 Å². The normalized spacial score (nSPS) is 13.6. The average molecular weight is 392 g/mol. The number of anilines is 1. The van der Waals surface area contributed by atoms with Crippen molar-refractivity contribution in [1.82, 2.24) is 14.8 Å². The number of aryl methyl sites for hydroxylation is 2. The monoisotopic (exact) mass is 392 g/mol. The quantitative estimate of drug-likeness (QED) is 0.726. The Kier molecular flexibility index (Phi) is 4.47. The van der Waals surface area contributed by atoms with Gasteiger partial charge < -0.3 is 5.32 Å². The molecular formula is C18H15F3N4OS. The van der Waals surface area contributed by atoms with Crippen molar-refractivity contribution >= 4 is 22.4 Å². The van der Waals surface area contributed by atoms with Crippen LogP contribution in [0.3, 0.4) is 0 Å². The third-order valence-corrected chi connectivity index (χ3v) is 5.14. The van der Waals surface area contributed by atoms with E-state index < -0.39 is 17.8 Å². The van der Waals surface area contributed by atoms with E-state index in [4.69, 9.17) is 0 Å². The summed E-state index contributed by atoms with van der Waals surface area (Å²) in [5.74, 6) is -0.485. The number of amides is 1. The van der Waals surface area contributed by atoms with Crippen LogP contribution in [0.25, 0.3) is 11.3 Å².